The van der Waals surface area contributed by atoms with Crippen molar-refractivity contribution in [2.75, 3.05) is 0 Å². The molecular weight excluding hydrogens is 236 g/mol. The smallest absolute Gasteiger partial charge is 0.130 e. The Kier molecular flexibility index (Phi) is 7.21. The van der Waals surface area contributed by atoms with Gasteiger partial charge in [0.05, 0.1) is 6.61 Å². The van der Waals surface area contributed by atoms with Gasteiger partial charge in [-0.2, -0.15) is 0 Å². The van der Waals surface area contributed by atoms with Crippen LogP contribution in [0.15, 0.2) is 60.7 Å². The standard InChI is InChI=1S/C10H12O.C7H8O/c1-9(11)7-8-10-5-3-2-4-6-10;8-6-7-4-2-1-3-5-7/h2-6H,7-8H2,1H3;1-5,8H,6H2. The minimum Gasteiger partial charge on any atom is -0.392 e. The molecule has 1 N–H and O–H groups in total. The lowest BCUT2D eigenvalue weighted by Crippen LogP contribution is -1.92. The lowest BCUT2D eigenvalue weighted by atomic mass is 10.1. The average molecular weight is 256 g/mol. The van der Waals surface area contributed by atoms with Gasteiger partial charge in [-0.25, -0.2) is 0 Å². The van der Waals surface area contributed by atoms with E-state index in [9.17, 15) is 4.79 Å². The first-order valence-electron chi connectivity index (χ1n) is 6.40. The van der Waals surface area contributed by atoms with Gasteiger partial charge in [0, 0.05) is 6.42 Å². The Balaban J connectivity index is 0.000000200. The van der Waals surface area contributed by atoms with E-state index >= 15 is 0 Å². The molecule has 2 nitrogen and oxygen atoms in total. The molecule has 100 valence electrons. The number of benzene rings is 2. The Morgan fingerprint density at radius 2 is 1.37 bits per heavy atom. The van der Waals surface area contributed by atoms with Gasteiger partial charge in [0.15, 0.2) is 0 Å². The molecule has 0 unspecified atom stereocenters. The Morgan fingerprint density at radius 1 is 0.895 bits per heavy atom. The maximum atomic E-state index is 10.6. The first-order chi connectivity index (χ1) is 9.22. The molecule has 0 spiro atoms. The average Bonchev–Trinajstić information content (AvgIpc) is 2.48. The molecule has 0 fully saturated rings. The first kappa shape index (κ1) is 15.1. The van der Waals surface area contributed by atoms with Gasteiger partial charge < -0.3 is 9.90 Å². The SMILES string of the molecule is CC(=O)CCc1ccccc1.OCc1ccccc1. The van der Waals surface area contributed by atoms with Gasteiger partial charge in [-0.15, -0.1) is 0 Å². The quantitative estimate of drug-likeness (QED) is 0.910. The van der Waals surface area contributed by atoms with E-state index in [1.165, 1.54) is 5.56 Å². The Hall–Kier alpha value is -1.93. The summed E-state index contributed by atoms with van der Waals surface area (Å²) in [4.78, 5) is 10.6. The molecule has 19 heavy (non-hydrogen) atoms. The zero-order valence-electron chi connectivity index (χ0n) is 11.3. The second kappa shape index (κ2) is 9.06. The van der Waals surface area contributed by atoms with Crippen LogP contribution in [-0.2, 0) is 17.8 Å². The summed E-state index contributed by atoms with van der Waals surface area (Å²) in [6.45, 7) is 1.77. The van der Waals surface area contributed by atoms with E-state index in [2.05, 4.69) is 0 Å². The van der Waals surface area contributed by atoms with Crippen molar-refractivity contribution in [2.24, 2.45) is 0 Å². The molecule has 0 atom stereocenters. The number of aryl methyl sites for hydroxylation is 1. The highest BCUT2D eigenvalue weighted by Gasteiger charge is 1.94. The number of carbonyl (C=O) groups is 1. The topological polar surface area (TPSA) is 37.3 Å². The summed E-state index contributed by atoms with van der Waals surface area (Å²) in [7, 11) is 0. The van der Waals surface area contributed by atoms with Crippen molar-refractivity contribution >= 4 is 5.78 Å². The molecule has 0 heterocycles. The second-order valence-electron chi connectivity index (χ2n) is 4.33. The molecule has 0 aromatic heterocycles. The highest BCUT2D eigenvalue weighted by atomic mass is 16.3. The van der Waals surface area contributed by atoms with Gasteiger partial charge in [0.2, 0.25) is 0 Å². The predicted molar refractivity (Wildman–Crippen MR) is 77.8 cm³/mol. The summed E-state index contributed by atoms with van der Waals surface area (Å²) in [5, 5.41) is 8.54. The fourth-order valence-corrected chi connectivity index (χ4v) is 1.55. The van der Waals surface area contributed by atoms with E-state index in [1.54, 1.807) is 6.92 Å². The maximum absolute atomic E-state index is 10.6. The molecule has 0 aliphatic heterocycles. The van der Waals surface area contributed by atoms with Crippen LogP contribution in [0.5, 0.6) is 0 Å². The van der Waals surface area contributed by atoms with Crippen molar-refractivity contribution in [2.45, 2.75) is 26.4 Å². The van der Waals surface area contributed by atoms with Crippen molar-refractivity contribution in [3.8, 4) is 0 Å². The number of carbonyl (C=O) groups excluding carboxylic acids is 1. The summed E-state index contributed by atoms with van der Waals surface area (Å²) in [6, 6.07) is 19.6. The van der Waals surface area contributed by atoms with Crippen molar-refractivity contribution in [1.29, 1.82) is 0 Å². The predicted octanol–water partition coefficient (Wildman–Crippen LogP) is 3.39. The van der Waals surface area contributed by atoms with Crippen LogP contribution in [0.4, 0.5) is 0 Å². The lowest BCUT2D eigenvalue weighted by molar-refractivity contribution is -0.116. The largest absolute Gasteiger partial charge is 0.392 e. The number of Topliss-reactive ketones (excluding diaryl/α,β-unsaturated/α-hetero) is 1. The molecule has 0 bridgehead atoms. The van der Waals surface area contributed by atoms with Gasteiger partial charge in [-0.1, -0.05) is 60.7 Å². The van der Waals surface area contributed by atoms with Crippen molar-refractivity contribution in [3.63, 3.8) is 0 Å². The molecule has 2 rings (SSSR count). The molecule has 0 amide bonds. The minimum atomic E-state index is 0.140. The van der Waals surface area contributed by atoms with Gasteiger partial charge in [-0.3, -0.25) is 0 Å². The fraction of sp³-hybridized carbons (Fsp3) is 0.235. The molecule has 0 saturated heterocycles. The Morgan fingerprint density at radius 3 is 1.74 bits per heavy atom. The third-order valence-electron chi connectivity index (χ3n) is 2.63. The number of aliphatic hydroxyl groups excluding tert-OH is 1. The number of hydrogen-bond donors (Lipinski definition) is 1. The van der Waals surface area contributed by atoms with Gasteiger partial charge >= 0.3 is 0 Å². The van der Waals surface area contributed by atoms with Crippen molar-refractivity contribution in [1.82, 2.24) is 0 Å². The molecule has 2 aromatic carbocycles. The summed E-state index contributed by atoms with van der Waals surface area (Å²) < 4.78 is 0. The van der Waals surface area contributed by atoms with Crippen LogP contribution in [0.25, 0.3) is 0 Å². The molecule has 2 aromatic rings. The van der Waals surface area contributed by atoms with Gasteiger partial charge in [0.25, 0.3) is 0 Å². The monoisotopic (exact) mass is 256 g/mol. The highest BCUT2D eigenvalue weighted by molar-refractivity contribution is 5.75. The minimum absolute atomic E-state index is 0.140. The van der Waals surface area contributed by atoms with Crippen LogP contribution >= 0.6 is 0 Å². The molecule has 0 aliphatic carbocycles. The fourth-order valence-electron chi connectivity index (χ4n) is 1.55. The van der Waals surface area contributed by atoms with Crippen LogP contribution in [-0.4, -0.2) is 10.9 Å². The van der Waals surface area contributed by atoms with Gasteiger partial charge in [0.1, 0.15) is 5.78 Å². The molecule has 2 heteroatoms. The zero-order chi connectivity index (χ0) is 13.9. The van der Waals surface area contributed by atoms with Crippen LogP contribution in [0.1, 0.15) is 24.5 Å². The highest BCUT2D eigenvalue weighted by Crippen LogP contribution is 2.02. The summed E-state index contributed by atoms with van der Waals surface area (Å²) in [5.41, 5.74) is 2.20. The van der Waals surface area contributed by atoms with Crippen molar-refractivity contribution in [3.05, 3.63) is 71.8 Å². The Bertz CT molecular complexity index is 463. The normalized spacial score (nSPS) is 9.37. The number of ketones is 1. The lowest BCUT2D eigenvalue weighted by Gasteiger charge is -1.96. The molecule has 0 aliphatic rings. The van der Waals surface area contributed by atoms with E-state index in [4.69, 9.17) is 5.11 Å². The van der Waals surface area contributed by atoms with Crippen molar-refractivity contribution < 1.29 is 9.90 Å². The summed E-state index contributed by atoms with van der Waals surface area (Å²) >= 11 is 0. The van der Waals surface area contributed by atoms with E-state index < -0.39 is 0 Å². The van der Waals surface area contributed by atoms with E-state index in [-0.39, 0.29) is 12.4 Å². The number of aliphatic hydroxyl groups is 1. The summed E-state index contributed by atoms with van der Waals surface area (Å²) in [6.07, 6.45) is 1.53. The third-order valence-corrected chi connectivity index (χ3v) is 2.63. The number of hydrogen-bond acceptors (Lipinski definition) is 2. The Labute approximate surface area is 114 Å². The van der Waals surface area contributed by atoms with E-state index in [0.717, 1.165) is 12.0 Å². The zero-order valence-corrected chi connectivity index (χ0v) is 11.3. The summed E-state index contributed by atoms with van der Waals surface area (Å²) in [5.74, 6) is 0.258. The van der Waals surface area contributed by atoms with Crippen LogP contribution in [0.3, 0.4) is 0 Å². The van der Waals surface area contributed by atoms with Crippen LogP contribution in [0.2, 0.25) is 0 Å². The maximum Gasteiger partial charge on any atom is 0.130 e. The van der Waals surface area contributed by atoms with Gasteiger partial charge in [-0.05, 0) is 24.5 Å². The van der Waals surface area contributed by atoms with Crippen LogP contribution < -0.4 is 0 Å². The van der Waals surface area contributed by atoms with E-state index in [1.807, 2.05) is 60.7 Å². The number of rotatable bonds is 4. The molecule has 0 radical (unpaired) electrons. The first-order valence-corrected chi connectivity index (χ1v) is 6.40. The van der Waals surface area contributed by atoms with E-state index in [0.29, 0.717) is 6.42 Å². The second-order valence-corrected chi connectivity index (χ2v) is 4.33. The third kappa shape index (κ3) is 7.17. The molecular formula is C17H20O2. The molecule has 0 saturated carbocycles. The van der Waals surface area contributed by atoms with Crippen LogP contribution in [0, 0.1) is 0 Å².